The summed E-state index contributed by atoms with van der Waals surface area (Å²) in [6.07, 6.45) is 0. The van der Waals surface area contributed by atoms with E-state index in [1.54, 1.807) is 6.92 Å². The second-order valence-electron chi connectivity index (χ2n) is 5.99. The van der Waals surface area contributed by atoms with E-state index in [9.17, 15) is 9.90 Å². The Bertz CT molecular complexity index is 856. The first-order valence-electron chi connectivity index (χ1n) is 8.23. The Kier molecular flexibility index (Phi) is 5.14. The molecule has 0 bridgehead atoms. The summed E-state index contributed by atoms with van der Waals surface area (Å²) >= 11 is 0. The lowest BCUT2D eigenvalue weighted by Gasteiger charge is -2.11. The minimum Gasteiger partial charge on any atom is -0.489 e. The first-order chi connectivity index (χ1) is 12.1. The predicted octanol–water partition coefficient (Wildman–Crippen LogP) is 5.12. The summed E-state index contributed by atoms with van der Waals surface area (Å²) in [6, 6.07) is 25.5. The van der Waals surface area contributed by atoms with Crippen molar-refractivity contribution in [3.8, 4) is 16.9 Å². The van der Waals surface area contributed by atoms with Gasteiger partial charge in [0.2, 0.25) is 0 Å². The highest BCUT2D eigenvalue weighted by atomic mass is 16.5. The maximum absolute atomic E-state index is 11.2. The highest BCUT2D eigenvalue weighted by Crippen LogP contribution is 2.27. The summed E-state index contributed by atoms with van der Waals surface area (Å²) in [7, 11) is 0. The molecule has 0 spiro atoms. The Morgan fingerprint density at radius 1 is 0.920 bits per heavy atom. The van der Waals surface area contributed by atoms with Gasteiger partial charge in [0.05, 0.1) is 5.92 Å². The van der Waals surface area contributed by atoms with Crippen molar-refractivity contribution in [2.75, 3.05) is 0 Å². The molecule has 3 aromatic rings. The van der Waals surface area contributed by atoms with Crippen LogP contribution >= 0.6 is 0 Å². The number of aliphatic carboxylic acids is 1. The molecule has 0 saturated carbocycles. The molecular formula is C22H20O3. The van der Waals surface area contributed by atoms with Crippen molar-refractivity contribution >= 4 is 5.97 Å². The summed E-state index contributed by atoms with van der Waals surface area (Å²) in [5.41, 5.74) is 3.89. The highest BCUT2D eigenvalue weighted by Gasteiger charge is 2.14. The third-order valence-electron chi connectivity index (χ3n) is 4.17. The fourth-order valence-electron chi connectivity index (χ4n) is 2.64. The lowest BCUT2D eigenvalue weighted by atomic mass is 9.96. The molecule has 3 aromatic carbocycles. The molecule has 25 heavy (non-hydrogen) atoms. The van der Waals surface area contributed by atoms with Crippen molar-refractivity contribution in [3.05, 3.63) is 90.0 Å². The van der Waals surface area contributed by atoms with Gasteiger partial charge < -0.3 is 9.84 Å². The Balaban J connectivity index is 1.79. The van der Waals surface area contributed by atoms with E-state index in [1.165, 1.54) is 0 Å². The van der Waals surface area contributed by atoms with Gasteiger partial charge >= 0.3 is 5.97 Å². The normalized spacial score (nSPS) is 11.7. The van der Waals surface area contributed by atoms with Crippen molar-refractivity contribution in [2.45, 2.75) is 19.4 Å². The molecule has 0 fully saturated rings. The molecule has 3 nitrogen and oxygen atoms in total. The topological polar surface area (TPSA) is 46.5 Å². The molecule has 1 unspecified atom stereocenters. The van der Waals surface area contributed by atoms with E-state index in [-0.39, 0.29) is 0 Å². The van der Waals surface area contributed by atoms with Crippen LogP contribution in [0, 0.1) is 0 Å². The van der Waals surface area contributed by atoms with Crippen LogP contribution in [-0.2, 0) is 11.4 Å². The smallest absolute Gasteiger partial charge is 0.310 e. The Morgan fingerprint density at radius 3 is 2.32 bits per heavy atom. The van der Waals surface area contributed by atoms with Gasteiger partial charge in [-0.05, 0) is 41.3 Å². The molecule has 0 amide bonds. The zero-order chi connectivity index (χ0) is 17.6. The summed E-state index contributed by atoms with van der Waals surface area (Å²) in [4.78, 5) is 11.2. The number of hydrogen-bond donors (Lipinski definition) is 1. The molecule has 0 aliphatic carbocycles. The van der Waals surface area contributed by atoms with E-state index in [4.69, 9.17) is 4.74 Å². The van der Waals surface area contributed by atoms with Gasteiger partial charge in [0.25, 0.3) is 0 Å². The average molecular weight is 332 g/mol. The highest BCUT2D eigenvalue weighted by molar-refractivity contribution is 5.77. The largest absolute Gasteiger partial charge is 0.489 e. The second kappa shape index (κ2) is 7.67. The summed E-state index contributed by atoms with van der Waals surface area (Å²) < 4.78 is 5.88. The Labute approximate surface area is 147 Å². The van der Waals surface area contributed by atoms with Gasteiger partial charge in [0.1, 0.15) is 12.4 Å². The molecule has 0 aliphatic rings. The fraction of sp³-hybridized carbons (Fsp3) is 0.136. The van der Waals surface area contributed by atoms with Gasteiger partial charge in [0.15, 0.2) is 0 Å². The Hall–Kier alpha value is -3.07. The standard InChI is InChI=1S/C22H20O3/c1-16(22(23)24)18-9-5-10-19(13-18)20-11-6-12-21(14-20)25-15-17-7-3-2-4-8-17/h2-14,16H,15H2,1H3,(H,23,24). The molecule has 0 aliphatic heterocycles. The van der Waals surface area contributed by atoms with Gasteiger partial charge in [-0.25, -0.2) is 0 Å². The first kappa shape index (κ1) is 16.8. The van der Waals surface area contributed by atoms with Crippen molar-refractivity contribution < 1.29 is 14.6 Å². The molecular weight excluding hydrogens is 312 g/mol. The molecule has 126 valence electrons. The minimum absolute atomic E-state index is 0.514. The van der Waals surface area contributed by atoms with Crippen LogP contribution < -0.4 is 4.74 Å². The van der Waals surface area contributed by atoms with Gasteiger partial charge in [-0.1, -0.05) is 66.7 Å². The van der Waals surface area contributed by atoms with Gasteiger partial charge in [-0.2, -0.15) is 0 Å². The Morgan fingerprint density at radius 2 is 1.60 bits per heavy atom. The maximum Gasteiger partial charge on any atom is 0.310 e. The average Bonchev–Trinajstić information content (AvgIpc) is 2.67. The number of carboxylic acid groups (broad SMARTS) is 1. The van der Waals surface area contributed by atoms with E-state index in [0.717, 1.165) is 28.0 Å². The molecule has 0 radical (unpaired) electrons. The summed E-state index contributed by atoms with van der Waals surface area (Å²) in [6.45, 7) is 2.21. The predicted molar refractivity (Wildman–Crippen MR) is 98.7 cm³/mol. The van der Waals surface area contributed by atoms with Gasteiger partial charge in [0, 0.05) is 0 Å². The molecule has 0 saturated heterocycles. The molecule has 3 heteroatoms. The van der Waals surface area contributed by atoms with Crippen LogP contribution in [0.25, 0.3) is 11.1 Å². The molecule has 0 heterocycles. The molecule has 0 aromatic heterocycles. The van der Waals surface area contributed by atoms with Crippen LogP contribution in [0.3, 0.4) is 0 Å². The molecule has 3 rings (SSSR count). The molecule has 1 atom stereocenters. The summed E-state index contributed by atoms with van der Waals surface area (Å²) in [5, 5.41) is 9.20. The number of hydrogen-bond acceptors (Lipinski definition) is 2. The summed E-state index contributed by atoms with van der Waals surface area (Å²) in [5.74, 6) is -0.562. The van der Waals surface area contributed by atoms with Gasteiger partial charge in [-0.3, -0.25) is 4.79 Å². The maximum atomic E-state index is 11.2. The second-order valence-corrected chi connectivity index (χ2v) is 5.99. The third kappa shape index (κ3) is 4.27. The number of carboxylic acids is 1. The van der Waals surface area contributed by atoms with Crippen molar-refractivity contribution in [1.82, 2.24) is 0 Å². The van der Waals surface area contributed by atoms with E-state index < -0.39 is 11.9 Å². The van der Waals surface area contributed by atoms with Crippen LogP contribution in [0.2, 0.25) is 0 Å². The molecule has 1 N–H and O–H groups in total. The SMILES string of the molecule is CC(C(=O)O)c1cccc(-c2cccc(OCc3ccccc3)c2)c1. The number of rotatable bonds is 6. The van der Waals surface area contributed by atoms with E-state index in [1.807, 2.05) is 78.9 Å². The third-order valence-corrected chi connectivity index (χ3v) is 4.17. The number of carbonyl (C=O) groups is 1. The van der Waals surface area contributed by atoms with Crippen LogP contribution in [0.1, 0.15) is 24.0 Å². The lowest BCUT2D eigenvalue weighted by Crippen LogP contribution is -2.07. The van der Waals surface area contributed by atoms with Crippen LogP contribution in [0.15, 0.2) is 78.9 Å². The zero-order valence-electron chi connectivity index (χ0n) is 14.1. The van der Waals surface area contributed by atoms with E-state index in [0.29, 0.717) is 6.61 Å². The van der Waals surface area contributed by atoms with E-state index in [2.05, 4.69) is 0 Å². The zero-order valence-corrected chi connectivity index (χ0v) is 14.1. The fourth-order valence-corrected chi connectivity index (χ4v) is 2.64. The van der Waals surface area contributed by atoms with E-state index >= 15 is 0 Å². The van der Waals surface area contributed by atoms with Crippen LogP contribution in [-0.4, -0.2) is 11.1 Å². The lowest BCUT2D eigenvalue weighted by molar-refractivity contribution is -0.138. The van der Waals surface area contributed by atoms with Crippen LogP contribution in [0.4, 0.5) is 0 Å². The van der Waals surface area contributed by atoms with Crippen molar-refractivity contribution in [3.63, 3.8) is 0 Å². The van der Waals surface area contributed by atoms with Gasteiger partial charge in [-0.15, -0.1) is 0 Å². The number of benzene rings is 3. The quantitative estimate of drug-likeness (QED) is 0.681. The monoisotopic (exact) mass is 332 g/mol. The minimum atomic E-state index is -0.822. The van der Waals surface area contributed by atoms with Crippen LogP contribution in [0.5, 0.6) is 5.75 Å². The number of ether oxygens (including phenoxy) is 1. The van der Waals surface area contributed by atoms with Crippen molar-refractivity contribution in [1.29, 1.82) is 0 Å². The first-order valence-corrected chi connectivity index (χ1v) is 8.23. The van der Waals surface area contributed by atoms with Crippen molar-refractivity contribution in [2.24, 2.45) is 0 Å².